The quantitative estimate of drug-likeness (QED) is 0.672. The highest BCUT2D eigenvalue weighted by atomic mass is 79.9. The lowest BCUT2D eigenvalue weighted by atomic mass is 10.2. The lowest BCUT2D eigenvalue weighted by molar-refractivity contribution is 0.102. The molecule has 0 aliphatic heterocycles. The van der Waals surface area contributed by atoms with Crippen LogP contribution in [0.4, 0.5) is 11.5 Å². The number of nitrogens with one attached hydrogen (secondary N) is 2. The largest absolute Gasteiger partial charge is 0.370 e. The number of carbonyl (C=O) groups is 1. The van der Waals surface area contributed by atoms with E-state index in [9.17, 15) is 4.79 Å². The van der Waals surface area contributed by atoms with Crippen molar-refractivity contribution in [3.63, 3.8) is 0 Å². The van der Waals surface area contributed by atoms with Gasteiger partial charge in [0.25, 0.3) is 5.91 Å². The van der Waals surface area contributed by atoms with Crippen LogP contribution in [0.25, 0.3) is 0 Å². The third-order valence-electron chi connectivity index (χ3n) is 2.59. The van der Waals surface area contributed by atoms with E-state index >= 15 is 0 Å². The lowest BCUT2D eigenvalue weighted by Gasteiger charge is -2.10. The highest BCUT2D eigenvalue weighted by Gasteiger charge is 2.11. The summed E-state index contributed by atoms with van der Waals surface area (Å²) in [7, 11) is 0. The summed E-state index contributed by atoms with van der Waals surface area (Å²) in [6, 6.07) is 8.74. The molecular weight excluding hydrogens is 421 g/mol. The zero-order valence-electron chi connectivity index (χ0n) is 11.1. The summed E-state index contributed by atoms with van der Waals surface area (Å²) in [5.74, 6) is 0.320. The first kappa shape index (κ1) is 16.3. The van der Waals surface area contributed by atoms with E-state index in [0.29, 0.717) is 23.6 Å². The smallest absolute Gasteiger partial charge is 0.255 e. The average Bonchev–Trinajstić information content (AvgIpc) is 2.42. The minimum absolute atomic E-state index is 0.253. The molecule has 0 unspecified atom stereocenters. The van der Waals surface area contributed by atoms with Crippen molar-refractivity contribution in [2.75, 3.05) is 17.2 Å². The van der Waals surface area contributed by atoms with Gasteiger partial charge in [0.05, 0.1) is 5.69 Å². The molecule has 0 atom stereocenters. The summed E-state index contributed by atoms with van der Waals surface area (Å²) in [6.45, 7) is 2.65. The molecule has 0 spiro atoms. The molecule has 0 radical (unpaired) electrons. The molecule has 1 heterocycles. The molecule has 2 N–H and O–H groups in total. The Hall–Kier alpha value is -1.11. The molecule has 2 rings (SSSR count). The van der Waals surface area contributed by atoms with Crippen molar-refractivity contribution in [2.24, 2.45) is 0 Å². The van der Waals surface area contributed by atoms with Crippen LogP contribution >= 0.6 is 43.5 Å². The first-order valence-electron chi connectivity index (χ1n) is 6.17. The van der Waals surface area contributed by atoms with Gasteiger partial charge in [0, 0.05) is 21.1 Å². The van der Waals surface area contributed by atoms with Crippen molar-refractivity contribution in [3.05, 3.63) is 50.0 Å². The van der Waals surface area contributed by atoms with Crippen LogP contribution in [0.5, 0.6) is 0 Å². The molecule has 110 valence electrons. The topological polar surface area (TPSA) is 54.0 Å². The summed E-state index contributed by atoms with van der Waals surface area (Å²) in [6.07, 6.45) is 0. The highest BCUT2D eigenvalue weighted by Crippen LogP contribution is 2.27. The maximum absolute atomic E-state index is 12.3. The van der Waals surface area contributed by atoms with Gasteiger partial charge in [0.15, 0.2) is 0 Å². The monoisotopic (exact) mass is 431 g/mol. The molecule has 0 bridgehead atoms. The molecular formula is C14H12Br2ClN3O. The number of hydrogen-bond donors (Lipinski definition) is 2. The number of carbonyl (C=O) groups excluding carboxylic acids is 1. The van der Waals surface area contributed by atoms with Gasteiger partial charge in [-0.25, -0.2) is 4.98 Å². The summed E-state index contributed by atoms with van der Waals surface area (Å²) in [5.41, 5.74) is 1.12. The number of aromatic nitrogens is 1. The SMILES string of the molecule is CCNc1cc(C(=O)Nc2cc(Br)ccc2Br)cc(Cl)n1. The van der Waals surface area contributed by atoms with E-state index in [4.69, 9.17) is 11.6 Å². The second-order valence-electron chi connectivity index (χ2n) is 4.17. The Bertz CT molecular complexity index is 679. The maximum Gasteiger partial charge on any atom is 0.255 e. The normalized spacial score (nSPS) is 10.3. The molecule has 0 saturated heterocycles. The van der Waals surface area contributed by atoms with E-state index < -0.39 is 0 Å². The van der Waals surface area contributed by atoms with Gasteiger partial charge in [-0.2, -0.15) is 0 Å². The number of nitrogens with zero attached hydrogens (tertiary/aromatic N) is 1. The maximum atomic E-state index is 12.3. The van der Waals surface area contributed by atoms with Crippen LogP contribution in [0.15, 0.2) is 39.3 Å². The Morgan fingerprint density at radius 1 is 1.29 bits per heavy atom. The fourth-order valence-electron chi connectivity index (χ4n) is 1.69. The van der Waals surface area contributed by atoms with Crippen molar-refractivity contribution in [1.82, 2.24) is 4.98 Å². The van der Waals surface area contributed by atoms with Gasteiger partial charge in [0.1, 0.15) is 11.0 Å². The number of amides is 1. The van der Waals surface area contributed by atoms with Crippen molar-refractivity contribution < 1.29 is 4.79 Å². The molecule has 0 aliphatic rings. The molecule has 7 heteroatoms. The minimum atomic E-state index is -0.253. The minimum Gasteiger partial charge on any atom is -0.370 e. The Labute approximate surface area is 144 Å². The molecule has 1 aromatic carbocycles. The standard InChI is InChI=1S/C14H12Br2ClN3O/c1-2-18-13-6-8(5-12(17)20-13)14(21)19-11-7-9(15)3-4-10(11)16/h3-7H,2H2,1H3,(H,18,20)(H,19,21). The second kappa shape index (κ2) is 7.24. The van der Waals surface area contributed by atoms with E-state index in [1.807, 2.05) is 25.1 Å². The fourth-order valence-corrected chi connectivity index (χ4v) is 2.60. The zero-order chi connectivity index (χ0) is 15.4. The average molecular weight is 434 g/mol. The van der Waals surface area contributed by atoms with E-state index in [2.05, 4.69) is 47.5 Å². The van der Waals surface area contributed by atoms with Gasteiger partial charge in [-0.05, 0) is 53.2 Å². The zero-order valence-corrected chi connectivity index (χ0v) is 15.0. The summed E-state index contributed by atoms with van der Waals surface area (Å²) in [5, 5.41) is 6.14. The molecule has 1 amide bonds. The van der Waals surface area contributed by atoms with Gasteiger partial charge in [0.2, 0.25) is 0 Å². The Morgan fingerprint density at radius 3 is 2.76 bits per heavy atom. The number of hydrogen-bond acceptors (Lipinski definition) is 3. The second-order valence-corrected chi connectivity index (χ2v) is 6.33. The number of benzene rings is 1. The molecule has 4 nitrogen and oxygen atoms in total. The van der Waals surface area contributed by atoms with Crippen molar-refractivity contribution in [2.45, 2.75) is 6.92 Å². The van der Waals surface area contributed by atoms with E-state index in [-0.39, 0.29) is 11.1 Å². The van der Waals surface area contributed by atoms with Crippen LogP contribution in [0, 0.1) is 0 Å². The lowest BCUT2D eigenvalue weighted by Crippen LogP contribution is -2.13. The van der Waals surface area contributed by atoms with Gasteiger partial charge in [-0.3, -0.25) is 4.79 Å². The molecule has 0 aliphatic carbocycles. The third-order valence-corrected chi connectivity index (χ3v) is 3.97. The number of rotatable bonds is 4. The van der Waals surface area contributed by atoms with Crippen molar-refractivity contribution in [3.8, 4) is 0 Å². The third kappa shape index (κ3) is 4.43. The number of halogens is 3. The van der Waals surface area contributed by atoms with E-state index in [0.717, 1.165) is 8.95 Å². The molecule has 21 heavy (non-hydrogen) atoms. The predicted octanol–water partition coefficient (Wildman–Crippen LogP) is 4.94. The van der Waals surface area contributed by atoms with Crippen LogP contribution in [0.2, 0.25) is 5.15 Å². The van der Waals surface area contributed by atoms with Crippen LogP contribution in [-0.4, -0.2) is 17.4 Å². The van der Waals surface area contributed by atoms with Crippen LogP contribution in [0.3, 0.4) is 0 Å². The first-order valence-corrected chi connectivity index (χ1v) is 8.14. The summed E-state index contributed by atoms with van der Waals surface area (Å²) >= 11 is 12.7. The first-order chi connectivity index (χ1) is 9.99. The predicted molar refractivity (Wildman–Crippen MR) is 93.2 cm³/mol. The molecule has 1 aromatic heterocycles. The van der Waals surface area contributed by atoms with Crippen LogP contribution < -0.4 is 10.6 Å². The molecule has 2 aromatic rings. The number of pyridine rings is 1. The van der Waals surface area contributed by atoms with Crippen LogP contribution in [-0.2, 0) is 0 Å². The molecule has 0 fully saturated rings. The summed E-state index contributed by atoms with van der Waals surface area (Å²) in [4.78, 5) is 16.4. The fraction of sp³-hybridized carbons (Fsp3) is 0.143. The highest BCUT2D eigenvalue weighted by molar-refractivity contribution is 9.11. The van der Waals surface area contributed by atoms with Crippen LogP contribution in [0.1, 0.15) is 17.3 Å². The Kier molecular flexibility index (Phi) is 5.61. The number of anilines is 2. The Balaban J connectivity index is 2.25. The van der Waals surface area contributed by atoms with Gasteiger partial charge in [-0.15, -0.1) is 0 Å². The van der Waals surface area contributed by atoms with Crippen molar-refractivity contribution in [1.29, 1.82) is 0 Å². The van der Waals surface area contributed by atoms with Gasteiger partial charge in [-0.1, -0.05) is 27.5 Å². The van der Waals surface area contributed by atoms with Gasteiger partial charge < -0.3 is 10.6 Å². The van der Waals surface area contributed by atoms with E-state index in [1.54, 1.807) is 6.07 Å². The summed E-state index contributed by atoms with van der Waals surface area (Å²) < 4.78 is 1.67. The molecule has 0 saturated carbocycles. The van der Waals surface area contributed by atoms with E-state index in [1.165, 1.54) is 6.07 Å². The van der Waals surface area contributed by atoms with Crippen molar-refractivity contribution >= 4 is 60.9 Å². The van der Waals surface area contributed by atoms with Gasteiger partial charge >= 0.3 is 0 Å². The Morgan fingerprint density at radius 2 is 2.05 bits per heavy atom.